The van der Waals surface area contributed by atoms with Crippen molar-refractivity contribution < 1.29 is 9.47 Å². The molecule has 1 saturated heterocycles. The Morgan fingerprint density at radius 3 is 2.20 bits per heavy atom. The maximum Gasteiger partial charge on any atom is 0.163 e. The summed E-state index contributed by atoms with van der Waals surface area (Å²) in [6.07, 6.45) is 10.2. The van der Waals surface area contributed by atoms with Crippen LogP contribution >= 0.6 is 0 Å². The van der Waals surface area contributed by atoms with Crippen LogP contribution in [-0.2, 0) is 15.9 Å². The van der Waals surface area contributed by atoms with Gasteiger partial charge in [-0.05, 0) is 43.7 Å². The van der Waals surface area contributed by atoms with Gasteiger partial charge in [0.25, 0.3) is 0 Å². The Kier molecular flexibility index (Phi) is 7.96. The molecule has 0 saturated carbocycles. The second-order valence-corrected chi connectivity index (χ2v) is 8.17. The molecule has 0 aromatic heterocycles. The van der Waals surface area contributed by atoms with E-state index >= 15 is 0 Å². The van der Waals surface area contributed by atoms with Gasteiger partial charge in [-0.2, -0.15) is 0 Å². The number of hydrogen-bond donors (Lipinski definition) is 0. The van der Waals surface area contributed by atoms with Gasteiger partial charge in [-0.25, -0.2) is 0 Å². The Hall–Kier alpha value is -0.860. The lowest BCUT2D eigenvalue weighted by Gasteiger charge is -2.17. The van der Waals surface area contributed by atoms with Crippen molar-refractivity contribution in [2.75, 3.05) is 0 Å². The standard InChI is InChI=1S/C23H38O2/c1-6-8-9-10-11-12-21-22(25-23(4,5)24-21)17-19-13-15-20(16-14-19)18(3)7-2/h13-16,18,21-22H,6-12,17H2,1-5H3/t18?,21-,22-/m1/s1. The van der Waals surface area contributed by atoms with Crippen molar-refractivity contribution in [2.24, 2.45) is 0 Å². The van der Waals surface area contributed by atoms with Crippen molar-refractivity contribution >= 4 is 0 Å². The number of hydrogen-bond acceptors (Lipinski definition) is 2. The van der Waals surface area contributed by atoms with E-state index in [2.05, 4.69) is 45.0 Å². The molecule has 25 heavy (non-hydrogen) atoms. The summed E-state index contributed by atoms with van der Waals surface area (Å²) < 4.78 is 12.4. The number of unbranched alkanes of at least 4 members (excludes halogenated alkanes) is 4. The Morgan fingerprint density at radius 2 is 1.56 bits per heavy atom. The summed E-state index contributed by atoms with van der Waals surface area (Å²) in [6, 6.07) is 9.11. The Balaban J connectivity index is 1.90. The maximum absolute atomic E-state index is 6.22. The lowest BCUT2D eigenvalue weighted by molar-refractivity contribution is -0.146. The second kappa shape index (κ2) is 9.73. The van der Waals surface area contributed by atoms with Crippen LogP contribution in [-0.4, -0.2) is 18.0 Å². The van der Waals surface area contributed by atoms with Crippen LogP contribution in [0.1, 0.15) is 96.6 Å². The molecule has 2 nitrogen and oxygen atoms in total. The summed E-state index contributed by atoms with van der Waals surface area (Å²) in [6.45, 7) is 10.9. The van der Waals surface area contributed by atoms with E-state index in [1.807, 2.05) is 13.8 Å². The smallest absolute Gasteiger partial charge is 0.163 e. The van der Waals surface area contributed by atoms with E-state index in [9.17, 15) is 0 Å². The predicted octanol–water partition coefficient (Wildman–Crippen LogP) is 6.62. The molecule has 0 radical (unpaired) electrons. The molecule has 1 aliphatic rings. The van der Waals surface area contributed by atoms with E-state index in [0.29, 0.717) is 5.92 Å². The van der Waals surface area contributed by atoms with Crippen LogP contribution < -0.4 is 0 Å². The Morgan fingerprint density at radius 1 is 0.920 bits per heavy atom. The van der Waals surface area contributed by atoms with E-state index < -0.39 is 5.79 Å². The molecular weight excluding hydrogens is 308 g/mol. The van der Waals surface area contributed by atoms with Crippen LogP contribution in [0.3, 0.4) is 0 Å². The molecular formula is C23H38O2. The predicted molar refractivity (Wildman–Crippen MR) is 106 cm³/mol. The highest BCUT2D eigenvalue weighted by Crippen LogP contribution is 2.33. The molecule has 0 N–H and O–H groups in total. The summed E-state index contributed by atoms with van der Waals surface area (Å²) in [4.78, 5) is 0. The third kappa shape index (κ3) is 6.42. The third-order valence-corrected chi connectivity index (χ3v) is 5.48. The molecule has 0 amide bonds. The number of benzene rings is 1. The molecule has 2 rings (SSSR count). The molecule has 1 fully saturated rings. The first-order chi connectivity index (χ1) is 11.9. The van der Waals surface area contributed by atoms with Crippen molar-refractivity contribution in [1.29, 1.82) is 0 Å². The molecule has 2 heteroatoms. The van der Waals surface area contributed by atoms with Gasteiger partial charge in [-0.3, -0.25) is 0 Å². The molecule has 1 heterocycles. The Bertz CT molecular complexity index is 491. The summed E-state index contributed by atoms with van der Waals surface area (Å²) >= 11 is 0. The highest BCUT2D eigenvalue weighted by atomic mass is 16.7. The minimum atomic E-state index is -0.449. The Labute approximate surface area is 155 Å². The van der Waals surface area contributed by atoms with Gasteiger partial charge in [0.2, 0.25) is 0 Å². The first-order valence-electron chi connectivity index (χ1n) is 10.4. The van der Waals surface area contributed by atoms with Crippen molar-refractivity contribution in [3.05, 3.63) is 35.4 Å². The molecule has 142 valence electrons. The molecule has 1 aliphatic heterocycles. The van der Waals surface area contributed by atoms with Crippen molar-refractivity contribution in [3.8, 4) is 0 Å². The SMILES string of the molecule is CCCCCCC[C@H]1OC(C)(C)O[C@@H]1Cc1ccc(C(C)CC)cc1. The maximum atomic E-state index is 6.22. The van der Waals surface area contributed by atoms with Gasteiger partial charge < -0.3 is 9.47 Å². The molecule has 0 spiro atoms. The summed E-state index contributed by atoms with van der Waals surface area (Å²) in [5.41, 5.74) is 2.79. The minimum absolute atomic E-state index is 0.177. The molecule has 0 bridgehead atoms. The fourth-order valence-corrected chi connectivity index (χ4v) is 3.73. The zero-order valence-corrected chi connectivity index (χ0v) is 17.0. The van der Waals surface area contributed by atoms with E-state index in [-0.39, 0.29) is 12.2 Å². The summed E-state index contributed by atoms with van der Waals surface area (Å²) in [5, 5.41) is 0. The normalized spacial score (nSPS) is 23.7. The van der Waals surface area contributed by atoms with E-state index in [4.69, 9.17) is 9.47 Å². The van der Waals surface area contributed by atoms with Crippen LogP contribution in [0.5, 0.6) is 0 Å². The van der Waals surface area contributed by atoms with E-state index in [0.717, 1.165) is 12.8 Å². The van der Waals surface area contributed by atoms with Gasteiger partial charge in [0.15, 0.2) is 5.79 Å². The van der Waals surface area contributed by atoms with E-state index in [1.165, 1.54) is 49.7 Å². The minimum Gasteiger partial charge on any atom is -0.345 e. The molecule has 1 unspecified atom stereocenters. The fourth-order valence-electron chi connectivity index (χ4n) is 3.73. The van der Waals surface area contributed by atoms with Gasteiger partial charge in [0.05, 0.1) is 12.2 Å². The monoisotopic (exact) mass is 346 g/mol. The summed E-state index contributed by atoms with van der Waals surface area (Å²) in [5.74, 6) is 0.185. The average Bonchev–Trinajstić information content (AvgIpc) is 2.88. The van der Waals surface area contributed by atoms with Gasteiger partial charge in [0.1, 0.15) is 0 Å². The lowest BCUT2D eigenvalue weighted by atomic mass is 9.95. The molecule has 3 atom stereocenters. The van der Waals surface area contributed by atoms with Crippen LogP contribution in [0.4, 0.5) is 0 Å². The van der Waals surface area contributed by atoms with Crippen LogP contribution in [0, 0.1) is 0 Å². The van der Waals surface area contributed by atoms with Crippen molar-refractivity contribution in [1.82, 2.24) is 0 Å². The van der Waals surface area contributed by atoms with Crippen molar-refractivity contribution in [3.63, 3.8) is 0 Å². The highest BCUT2D eigenvalue weighted by Gasteiger charge is 2.40. The molecule has 1 aromatic rings. The van der Waals surface area contributed by atoms with Crippen LogP contribution in [0.2, 0.25) is 0 Å². The van der Waals surface area contributed by atoms with Gasteiger partial charge in [-0.15, -0.1) is 0 Å². The first-order valence-corrected chi connectivity index (χ1v) is 10.4. The average molecular weight is 347 g/mol. The zero-order chi connectivity index (χ0) is 18.3. The van der Waals surface area contributed by atoms with Gasteiger partial charge in [0, 0.05) is 6.42 Å². The van der Waals surface area contributed by atoms with Crippen molar-refractivity contribution in [2.45, 2.75) is 110 Å². The largest absolute Gasteiger partial charge is 0.345 e. The first kappa shape index (κ1) is 20.5. The quantitative estimate of drug-likeness (QED) is 0.443. The molecule has 0 aliphatic carbocycles. The zero-order valence-electron chi connectivity index (χ0n) is 17.0. The van der Waals surface area contributed by atoms with Gasteiger partial charge in [-0.1, -0.05) is 77.1 Å². The van der Waals surface area contributed by atoms with Crippen LogP contribution in [0.15, 0.2) is 24.3 Å². The topological polar surface area (TPSA) is 18.5 Å². The van der Waals surface area contributed by atoms with Crippen LogP contribution in [0.25, 0.3) is 0 Å². The molecule has 1 aromatic carbocycles. The third-order valence-electron chi connectivity index (χ3n) is 5.48. The van der Waals surface area contributed by atoms with Gasteiger partial charge >= 0.3 is 0 Å². The summed E-state index contributed by atoms with van der Waals surface area (Å²) in [7, 11) is 0. The fraction of sp³-hybridized carbons (Fsp3) is 0.739. The number of rotatable bonds is 10. The number of ether oxygens (including phenoxy) is 2. The second-order valence-electron chi connectivity index (χ2n) is 8.17. The van der Waals surface area contributed by atoms with E-state index in [1.54, 1.807) is 0 Å². The lowest BCUT2D eigenvalue weighted by Crippen LogP contribution is -2.25. The highest BCUT2D eigenvalue weighted by molar-refractivity contribution is 5.25.